The molecule has 0 aromatic carbocycles. The minimum Gasteiger partial charge on any atom is -0.342 e. The number of nitrogens with one attached hydrogen (secondary N) is 1. The second kappa shape index (κ2) is 7.00. The minimum absolute atomic E-state index is 0.198. The molecule has 1 N–H and O–H groups in total. The zero-order valence-corrected chi connectivity index (χ0v) is 11.8. The molecule has 0 radical (unpaired) electrons. The molecule has 0 spiro atoms. The van der Waals surface area contributed by atoms with Crippen LogP contribution in [0.2, 0.25) is 0 Å². The molecule has 3 nitrogen and oxygen atoms in total. The Bertz CT molecular complexity index is 238. The molecule has 0 bridgehead atoms. The van der Waals surface area contributed by atoms with Crippen LogP contribution in [-0.4, -0.2) is 36.5 Å². The fourth-order valence-corrected chi connectivity index (χ4v) is 2.66. The molecule has 0 aliphatic carbocycles. The predicted molar refractivity (Wildman–Crippen MR) is 71.9 cm³/mol. The van der Waals surface area contributed by atoms with Crippen LogP contribution in [0.5, 0.6) is 0 Å². The van der Waals surface area contributed by atoms with E-state index < -0.39 is 0 Å². The maximum Gasteiger partial charge on any atom is 0.227 e. The number of rotatable bonds is 6. The van der Waals surface area contributed by atoms with Crippen LogP contribution < -0.4 is 5.32 Å². The largest absolute Gasteiger partial charge is 0.342 e. The van der Waals surface area contributed by atoms with Crippen molar-refractivity contribution in [2.75, 3.05) is 19.6 Å². The first-order valence-electron chi connectivity index (χ1n) is 7.16. The van der Waals surface area contributed by atoms with E-state index in [-0.39, 0.29) is 5.92 Å². The van der Waals surface area contributed by atoms with Gasteiger partial charge in [-0.1, -0.05) is 26.7 Å². The van der Waals surface area contributed by atoms with Crippen molar-refractivity contribution in [3.63, 3.8) is 0 Å². The maximum atomic E-state index is 12.4. The lowest BCUT2D eigenvalue weighted by molar-refractivity contribution is -0.136. The summed E-state index contributed by atoms with van der Waals surface area (Å²) in [4.78, 5) is 14.5. The molecule has 1 saturated heterocycles. The van der Waals surface area contributed by atoms with E-state index in [9.17, 15) is 4.79 Å². The van der Waals surface area contributed by atoms with Crippen molar-refractivity contribution in [2.45, 2.75) is 53.0 Å². The molecule has 1 aliphatic rings. The summed E-state index contributed by atoms with van der Waals surface area (Å²) in [6, 6.07) is 0.346. The van der Waals surface area contributed by atoms with Gasteiger partial charge in [-0.05, 0) is 32.7 Å². The highest BCUT2D eigenvalue weighted by Crippen LogP contribution is 2.20. The summed E-state index contributed by atoms with van der Waals surface area (Å²) < 4.78 is 0. The van der Waals surface area contributed by atoms with Crippen molar-refractivity contribution < 1.29 is 4.79 Å². The van der Waals surface area contributed by atoms with Crippen molar-refractivity contribution >= 4 is 5.91 Å². The summed E-state index contributed by atoms with van der Waals surface area (Å²) in [7, 11) is 0. The Balaban J connectivity index is 2.57. The van der Waals surface area contributed by atoms with Crippen molar-refractivity contribution in [3.05, 3.63) is 0 Å². The first-order valence-corrected chi connectivity index (χ1v) is 7.16. The van der Waals surface area contributed by atoms with Gasteiger partial charge in [-0.25, -0.2) is 0 Å². The summed E-state index contributed by atoms with van der Waals surface area (Å²) >= 11 is 0. The van der Waals surface area contributed by atoms with E-state index in [2.05, 4.69) is 37.9 Å². The van der Waals surface area contributed by atoms with Gasteiger partial charge in [0, 0.05) is 19.1 Å². The van der Waals surface area contributed by atoms with Crippen LogP contribution in [0.4, 0.5) is 0 Å². The van der Waals surface area contributed by atoms with Gasteiger partial charge in [0.15, 0.2) is 0 Å². The minimum atomic E-state index is 0.198. The molecule has 3 heteroatoms. The van der Waals surface area contributed by atoms with Crippen LogP contribution in [0, 0.1) is 11.8 Å². The smallest absolute Gasteiger partial charge is 0.227 e. The Morgan fingerprint density at radius 3 is 2.41 bits per heavy atom. The van der Waals surface area contributed by atoms with Gasteiger partial charge in [0.2, 0.25) is 5.91 Å². The second-order valence-corrected chi connectivity index (χ2v) is 5.20. The Hall–Kier alpha value is -0.570. The molecule has 0 saturated carbocycles. The highest BCUT2D eigenvalue weighted by Gasteiger charge is 2.32. The van der Waals surface area contributed by atoms with Crippen LogP contribution in [-0.2, 0) is 4.79 Å². The van der Waals surface area contributed by atoms with Crippen molar-refractivity contribution in [1.82, 2.24) is 10.2 Å². The van der Waals surface area contributed by atoms with Crippen LogP contribution in [0.25, 0.3) is 0 Å². The van der Waals surface area contributed by atoms with Crippen LogP contribution in [0.1, 0.15) is 47.0 Å². The first kappa shape index (κ1) is 14.5. The standard InChI is InChI=1S/C14H28N2O/c1-5-12(6-2)10-16(7-3)14(17)13-8-9-15-11(13)4/h11-13,15H,5-10H2,1-4H3. The SMILES string of the molecule is CCC(CC)CN(CC)C(=O)C1CCNC1C. The lowest BCUT2D eigenvalue weighted by Gasteiger charge is -2.29. The highest BCUT2D eigenvalue weighted by molar-refractivity contribution is 5.79. The zero-order chi connectivity index (χ0) is 12.8. The number of carbonyl (C=O) groups is 1. The van der Waals surface area contributed by atoms with Crippen LogP contribution in [0.3, 0.4) is 0 Å². The van der Waals surface area contributed by atoms with E-state index in [1.807, 2.05) is 0 Å². The fourth-order valence-electron chi connectivity index (χ4n) is 2.66. The molecular weight excluding hydrogens is 212 g/mol. The maximum absolute atomic E-state index is 12.4. The molecule has 100 valence electrons. The Labute approximate surface area is 106 Å². The Kier molecular flexibility index (Phi) is 5.96. The van der Waals surface area contributed by atoms with Gasteiger partial charge in [0.05, 0.1) is 5.92 Å². The third-order valence-corrected chi connectivity index (χ3v) is 4.17. The number of amides is 1. The van der Waals surface area contributed by atoms with E-state index in [4.69, 9.17) is 0 Å². The zero-order valence-electron chi connectivity index (χ0n) is 11.8. The summed E-state index contributed by atoms with van der Waals surface area (Å²) in [5.74, 6) is 1.21. The lowest BCUT2D eigenvalue weighted by Crippen LogP contribution is -2.42. The molecule has 2 atom stereocenters. The molecule has 0 aromatic rings. The van der Waals surface area contributed by atoms with E-state index in [1.54, 1.807) is 0 Å². The van der Waals surface area contributed by atoms with Gasteiger partial charge in [-0.2, -0.15) is 0 Å². The number of nitrogens with zero attached hydrogens (tertiary/aromatic N) is 1. The molecular formula is C14H28N2O. The van der Waals surface area contributed by atoms with Gasteiger partial charge < -0.3 is 10.2 Å². The quantitative estimate of drug-likeness (QED) is 0.772. The summed E-state index contributed by atoms with van der Waals surface area (Å²) in [5.41, 5.74) is 0. The molecule has 1 amide bonds. The molecule has 1 fully saturated rings. The normalized spacial score (nSPS) is 24.3. The molecule has 0 aromatic heterocycles. The monoisotopic (exact) mass is 240 g/mol. The van der Waals surface area contributed by atoms with E-state index >= 15 is 0 Å². The average Bonchev–Trinajstić information content (AvgIpc) is 2.76. The van der Waals surface area contributed by atoms with Crippen LogP contribution in [0.15, 0.2) is 0 Å². The Morgan fingerprint density at radius 2 is 2.00 bits per heavy atom. The fraction of sp³-hybridized carbons (Fsp3) is 0.929. The van der Waals surface area contributed by atoms with Crippen LogP contribution >= 0.6 is 0 Å². The van der Waals surface area contributed by atoms with E-state index in [0.29, 0.717) is 17.9 Å². The van der Waals surface area contributed by atoms with Gasteiger partial charge in [0.1, 0.15) is 0 Å². The first-order chi connectivity index (χ1) is 8.13. The molecule has 2 unspecified atom stereocenters. The lowest BCUT2D eigenvalue weighted by atomic mass is 9.98. The van der Waals surface area contributed by atoms with Gasteiger partial charge in [0.25, 0.3) is 0 Å². The van der Waals surface area contributed by atoms with E-state index in [0.717, 1.165) is 26.1 Å². The van der Waals surface area contributed by atoms with E-state index in [1.165, 1.54) is 12.8 Å². The van der Waals surface area contributed by atoms with Crippen molar-refractivity contribution in [3.8, 4) is 0 Å². The van der Waals surface area contributed by atoms with Gasteiger partial charge in [-0.15, -0.1) is 0 Å². The Morgan fingerprint density at radius 1 is 1.35 bits per heavy atom. The summed E-state index contributed by atoms with van der Waals surface area (Å²) in [6.45, 7) is 11.4. The molecule has 17 heavy (non-hydrogen) atoms. The predicted octanol–water partition coefficient (Wildman–Crippen LogP) is 2.27. The number of hydrogen-bond acceptors (Lipinski definition) is 2. The topological polar surface area (TPSA) is 32.3 Å². The molecule has 1 heterocycles. The third-order valence-electron chi connectivity index (χ3n) is 4.17. The summed E-state index contributed by atoms with van der Waals surface area (Å²) in [6.07, 6.45) is 3.33. The number of carbonyl (C=O) groups excluding carboxylic acids is 1. The second-order valence-electron chi connectivity index (χ2n) is 5.20. The highest BCUT2D eigenvalue weighted by atomic mass is 16.2. The molecule has 1 rings (SSSR count). The molecule has 1 aliphatic heterocycles. The van der Waals surface area contributed by atoms with Crippen molar-refractivity contribution in [1.29, 1.82) is 0 Å². The third kappa shape index (κ3) is 3.70. The summed E-state index contributed by atoms with van der Waals surface area (Å²) in [5, 5.41) is 3.36. The van der Waals surface area contributed by atoms with Gasteiger partial charge >= 0.3 is 0 Å². The number of hydrogen-bond donors (Lipinski definition) is 1. The average molecular weight is 240 g/mol. The van der Waals surface area contributed by atoms with Crippen molar-refractivity contribution in [2.24, 2.45) is 11.8 Å². The van der Waals surface area contributed by atoms with Gasteiger partial charge in [-0.3, -0.25) is 4.79 Å².